The molecule has 2 aromatic carbocycles. The smallest absolute Gasteiger partial charge is 0.332 e. The number of amides is 1. The van der Waals surface area contributed by atoms with E-state index in [-0.39, 0.29) is 29.2 Å². The number of carbonyl (C=O) groups is 1. The SMILES string of the molecule is CC(C)[C@@H]([NH2+]CC(=O)Nc1cc(C(F)(F)F)ccc1Cl)c1ccccc1. The predicted molar refractivity (Wildman–Crippen MR) is 95.9 cm³/mol. The summed E-state index contributed by atoms with van der Waals surface area (Å²) in [7, 11) is 0. The number of quaternary nitrogens is 1. The van der Waals surface area contributed by atoms with E-state index in [9.17, 15) is 18.0 Å². The summed E-state index contributed by atoms with van der Waals surface area (Å²) in [6, 6.07) is 12.7. The number of nitrogens with two attached hydrogens (primary N) is 1. The van der Waals surface area contributed by atoms with E-state index in [1.807, 2.05) is 35.6 Å². The molecule has 1 amide bonds. The lowest BCUT2D eigenvalue weighted by Crippen LogP contribution is -2.88. The van der Waals surface area contributed by atoms with Crippen LogP contribution in [0.1, 0.15) is 31.0 Å². The van der Waals surface area contributed by atoms with Crippen molar-refractivity contribution in [1.82, 2.24) is 0 Å². The topological polar surface area (TPSA) is 45.7 Å². The van der Waals surface area contributed by atoms with Crippen molar-refractivity contribution in [3.63, 3.8) is 0 Å². The highest BCUT2D eigenvalue weighted by atomic mass is 35.5. The Balaban J connectivity index is 2.04. The van der Waals surface area contributed by atoms with Crippen LogP contribution in [0.15, 0.2) is 48.5 Å². The normalized spacial score (nSPS) is 12.9. The van der Waals surface area contributed by atoms with Gasteiger partial charge in [0.1, 0.15) is 6.04 Å². The molecule has 0 spiro atoms. The Bertz CT molecular complexity index is 748. The van der Waals surface area contributed by atoms with Crippen LogP contribution in [0.25, 0.3) is 0 Å². The molecule has 0 heterocycles. The van der Waals surface area contributed by atoms with E-state index in [0.29, 0.717) is 0 Å². The number of alkyl halides is 3. The van der Waals surface area contributed by atoms with Gasteiger partial charge in [0.25, 0.3) is 5.91 Å². The Hall–Kier alpha value is -2.05. The van der Waals surface area contributed by atoms with Gasteiger partial charge in [-0.15, -0.1) is 0 Å². The molecule has 26 heavy (non-hydrogen) atoms. The molecule has 0 radical (unpaired) electrons. The third-order valence-electron chi connectivity index (χ3n) is 4.03. The van der Waals surface area contributed by atoms with Crippen molar-refractivity contribution in [3.05, 3.63) is 64.7 Å². The second kappa shape index (κ2) is 8.56. The second-order valence-corrected chi connectivity index (χ2v) is 6.77. The van der Waals surface area contributed by atoms with Gasteiger partial charge in [-0.1, -0.05) is 55.8 Å². The van der Waals surface area contributed by atoms with Crippen molar-refractivity contribution in [2.45, 2.75) is 26.1 Å². The first-order valence-corrected chi connectivity index (χ1v) is 8.61. The average Bonchev–Trinajstić information content (AvgIpc) is 2.56. The third-order valence-corrected chi connectivity index (χ3v) is 4.36. The van der Waals surface area contributed by atoms with Crippen LogP contribution in [-0.2, 0) is 11.0 Å². The van der Waals surface area contributed by atoms with Gasteiger partial charge in [0.2, 0.25) is 0 Å². The highest BCUT2D eigenvalue weighted by molar-refractivity contribution is 6.33. The molecule has 3 N–H and O–H groups in total. The van der Waals surface area contributed by atoms with Crippen molar-refractivity contribution in [2.75, 3.05) is 11.9 Å². The monoisotopic (exact) mass is 385 g/mol. The Morgan fingerprint density at radius 1 is 1.15 bits per heavy atom. The fraction of sp³-hybridized carbons (Fsp3) is 0.316. The molecule has 2 aromatic rings. The molecule has 0 unspecified atom stereocenters. The first kappa shape index (κ1) is 20.3. The lowest BCUT2D eigenvalue weighted by atomic mass is 9.96. The van der Waals surface area contributed by atoms with Crippen molar-refractivity contribution < 1.29 is 23.3 Å². The lowest BCUT2D eigenvalue weighted by Gasteiger charge is -2.19. The van der Waals surface area contributed by atoms with Crippen molar-refractivity contribution in [1.29, 1.82) is 0 Å². The third kappa shape index (κ3) is 5.47. The lowest BCUT2D eigenvalue weighted by molar-refractivity contribution is -0.692. The van der Waals surface area contributed by atoms with Crippen LogP contribution in [0.2, 0.25) is 5.02 Å². The zero-order chi connectivity index (χ0) is 19.3. The van der Waals surface area contributed by atoms with Crippen LogP contribution >= 0.6 is 11.6 Å². The molecule has 140 valence electrons. The van der Waals surface area contributed by atoms with Gasteiger partial charge >= 0.3 is 6.18 Å². The molecule has 1 atom stereocenters. The van der Waals surface area contributed by atoms with E-state index in [4.69, 9.17) is 11.6 Å². The van der Waals surface area contributed by atoms with E-state index in [1.165, 1.54) is 0 Å². The van der Waals surface area contributed by atoms with Gasteiger partial charge in [0.05, 0.1) is 16.3 Å². The van der Waals surface area contributed by atoms with Crippen molar-refractivity contribution in [2.24, 2.45) is 5.92 Å². The summed E-state index contributed by atoms with van der Waals surface area (Å²) >= 11 is 5.91. The van der Waals surface area contributed by atoms with Gasteiger partial charge in [0.15, 0.2) is 6.54 Å². The number of anilines is 1. The molecule has 7 heteroatoms. The molecule has 2 rings (SSSR count). The minimum absolute atomic E-state index is 0.0410. The van der Waals surface area contributed by atoms with Crippen LogP contribution in [-0.4, -0.2) is 12.5 Å². The molecule has 0 aliphatic heterocycles. The number of carbonyl (C=O) groups excluding carboxylic acids is 1. The molecular formula is C19H21ClF3N2O+. The largest absolute Gasteiger partial charge is 0.416 e. The summed E-state index contributed by atoms with van der Waals surface area (Å²) in [5, 5.41) is 4.40. The number of nitrogens with one attached hydrogen (secondary N) is 1. The van der Waals surface area contributed by atoms with E-state index < -0.39 is 17.6 Å². The minimum atomic E-state index is -4.49. The van der Waals surface area contributed by atoms with E-state index >= 15 is 0 Å². The number of benzene rings is 2. The van der Waals surface area contributed by atoms with Gasteiger partial charge in [0, 0.05) is 11.5 Å². The fourth-order valence-electron chi connectivity index (χ4n) is 2.70. The van der Waals surface area contributed by atoms with E-state index in [0.717, 1.165) is 23.8 Å². The Kier molecular flexibility index (Phi) is 6.67. The molecule has 0 saturated heterocycles. The first-order chi connectivity index (χ1) is 12.2. The summed E-state index contributed by atoms with van der Waals surface area (Å²) in [5.74, 6) is -0.129. The molecular weight excluding hydrogens is 365 g/mol. The van der Waals surface area contributed by atoms with Gasteiger partial charge in [-0.05, 0) is 18.2 Å². The van der Waals surface area contributed by atoms with Crippen LogP contribution in [0.3, 0.4) is 0 Å². The zero-order valence-corrected chi connectivity index (χ0v) is 15.2. The Morgan fingerprint density at radius 3 is 2.38 bits per heavy atom. The summed E-state index contributed by atoms with van der Waals surface area (Å²) < 4.78 is 38.4. The van der Waals surface area contributed by atoms with Crippen molar-refractivity contribution in [3.8, 4) is 0 Å². The number of hydrogen-bond acceptors (Lipinski definition) is 1. The maximum absolute atomic E-state index is 12.8. The van der Waals surface area contributed by atoms with Gasteiger partial charge in [-0.2, -0.15) is 13.2 Å². The summed E-state index contributed by atoms with van der Waals surface area (Å²) in [4.78, 5) is 12.2. The van der Waals surface area contributed by atoms with Crippen LogP contribution < -0.4 is 10.6 Å². The zero-order valence-electron chi connectivity index (χ0n) is 14.5. The Labute approximate surface area is 155 Å². The van der Waals surface area contributed by atoms with Crippen LogP contribution in [0.4, 0.5) is 18.9 Å². The molecule has 0 aromatic heterocycles. The summed E-state index contributed by atoms with van der Waals surface area (Å²) in [6.45, 7) is 4.18. The van der Waals surface area contributed by atoms with Crippen LogP contribution in [0, 0.1) is 5.92 Å². The molecule has 0 saturated carbocycles. The molecule has 3 nitrogen and oxygen atoms in total. The van der Waals surface area contributed by atoms with Gasteiger partial charge < -0.3 is 10.6 Å². The maximum atomic E-state index is 12.8. The highest BCUT2D eigenvalue weighted by Crippen LogP contribution is 2.33. The Morgan fingerprint density at radius 2 is 1.81 bits per heavy atom. The van der Waals surface area contributed by atoms with Gasteiger partial charge in [-0.3, -0.25) is 4.79 Å². The number of halogens is 4. The molecule has 0 aliphatic carbocycles. The molecule has 0 fully saturated rings. The van der Waals surface area contributed by atoms with E-state index in [1.54, 1.807) is 0 Å². The first-order valence-electron chi connectivity index (χ1n) is 8.23. The standard InChI is InChI=1S/C19H20ClF3N2O/c1-12(2)18(13-6-4-3-5-7-13)24-11-17(26)25-16-10-14(19(21,22)23)8-9-15(16)20/h3-10,12,18,24H,11H2,1-2H3,(H,25,26)/p+1/t18-/m1/s1. The maximum Gasteiger partial charge on any atom is 0.416 e. The summed E-state index contributed by atoms with van der Waals surface area (Å²) in [5.41, 5.74) is 0.193. The molecule has 0 bridgehead atoms. The predicted octanol–water partition coefficient (Wildman–Crippen LogP) is 4.26. The summed E-state index contributed by atoms with van der Waals surface area (Å²) in [6.07, 6.45) is -4.49. The quantitative estimate of drug-likeness (QED) is 0.766. The van der Waals surface area contributed by atoms with E-state index in [2.05, 4.69) is 19.2 Å². The second-order valence-electron chi connectivity index (χ2n) is 6.36. The average molecular weight is 386 g/mol. The fourth-order valence-corrected chi connectivity index (χ4v) is 2.87. The molecule has 0 aliphatic rings. The van der Waals surface area contributed by atoms with Gasteiger partial charge in [-0.25, -0.2) is 0 Å². The minimum Gasteiger partial charge on any atom is -0.332 e. The number of hydrogen-bond donors (Lipinski definition) is 2. The highest BCUT2D eigenvalue weighted by Gasteiger charge is 2.31. The van der Waals surface area contributed by atoms with Crippen LogP contribution in [0.5, 0.6) is 0 Å². The number of rotatable bonds is 6. The van der Waals surface area contributed by atoms with Crippen molar-refractivity contribution >= 4 is 23.2 Å².